The molecular weight excluding hydrogens is 194 g/mol. The molecule has 1 heterocycles. The molecule has 80 valence electrons. The Morgan fingerprint density at radius 2 is 1.81 bits per heavy atom. The summed E-state index contributed by atoms with van der Waals surface area (Å²) in [5.74, 6) is 0. The average Bonchev–Trinajstić information content (AvgIpc) is 2.38. The van der Waals surface area contributed by atoms with Crippen molar-refractivity contribution in [2.45, 2.75) is 13.3 Å². The molecule has 2 aromatic rings. The van der Waals surface area contributed by atoms with Crippen LogP contribution < -0.4 is 0 Å². The molecule has 1 nitrogen and oxygen atoms in total. The fourth-order valence-electron chi connectivity index (χ4n) is 1.71. The van der Waals surface area contributed by atoms with Crippen LogP contribution in [0.1, 0.15) is 24.6 Å². The zero-order valence-electron chi connectivity index (χ0n) is 9.43. The summed E-state index contributed by atoms with van der Waals surface area (Å²) in [6.45, 7) is 2.14. The van der Waals surface area contributed by atoms with Gasteiger partial charge in [-0.3, -0.25) is 4.98 Å². The van der Waals surface area contributed by atoms with Gasteiger partial charge in [0.2, 0.25) is 0 Å². The summed E-state index contributed by atoms with van der Waals surface area (Å²) in [4.78, 5) is 4.41. The first-order valence-corrected chi connectivity index (χ1v) is 5.59. The fourth-order valence-corrected chi connectivity index (χ4v) is 1.71. The predicted molar refractivity (Wildman–Crippen MR) is 68.0 cm³/mol. The largest absolute Gasteiger partial charge is 0.256 e. The molecule has 0 radical (unpaired) electrons. The molecule has 0 saturated carbocycles. The lowest BCUT2D eigenvalue weighted by atomic mass is 10.0. The summed E-state index contributed by atoms with van der Waals surface area (Å²) >= 11 is 0. The Labute approximate surface area is 96.5 Å². The van der Waals surface area contributed by atoms with E-state index in [1.807, 2.05) is 24.4 Å². The van der Waals surface area contributed by atoms with Gasteiger partial charge in [0, 0.05) is 11.8 Å². The van der Waals surface area contributed by atoms with Crippen LogP contribution in [0.25, 0.3) is 5.57 Å². The molecule has 0 fully saturated rings. The molecule has 0 bridgehead atoms. The van der Waals surface area contributed by atoms with Gasteiger partial charge < -0.3 is 0 Å². The second kappa shape index (κ2) is 5.26. The summed E-state index contributed by atoms with van der Waals surface area (Å²) in [5, 5.41) is 0. The van der Waals surface area contributed by atoms with E-state index in [2.05, 4.69) is 48.3 Å². The van der Waals surface area contributed by atoms with Crippen molar-refractivity contribution in [1.29, 1.82) is 0 Å². The number of hydrogen-bond acceptors (Lipinski definition) is 1. The first-order valence-electron chi connectivity index (χ1n) is 5.59. The fraction of sp³-hybridized carbons (Fsp3) is 0.133. The summed E-state index contributed by atoms with van der Waals surface area (Å²) in [5.41, 5.74) is 3.47. The van der Waals surface area contributed by atoms with E-state index in [-0.39, 0.29) is 0 Å². The van der Waals surface area contributed by atoms with Crippen molar-refractivity contribution in [2.75, 3.05) is 0 Å². The molecule has 0 atom stereocenters. The number of allylic oxidation sites excluding steroid dienone is 1. The smallest absolute Gasteiger partial charge is 0.0704 e. The monoisotopic (exact) mass is 209 g/mol. The summed E-state index contributed by atoms with van der Waals surface area (Å²) in [6, 6.07) is 16.4. The van der Waals surface area contributed by atoms with Crippen molar-refractivity contribution in [3.05, 3.63) is 72.1 Å². The van der Waals surface area contributed by atoms with Crippen LogP contribution in [-0.4, -0.2) is 4.98 Å². The van der Waals surface area contributed by atoms with E-state index in [0.29, 0.717) is 0 Å². The van der Waals surface area contributed by atoms with Crippen molar-refractivity contribution in [3.8, 4) is 0 Å². The van der Waals surface area contributed by atoms with E-state index in [9.17, 15) is 0 Å². The van der Waals surface area contributed by atoms with Gasteiger partial charge in [-0.15, -0.1) is 0 Å². The van der Waals surface area contributed by atoms with Gasteiger partial charge in [0.05, 0.1) is 5.69 Å². The van der Waals surface area contributed by atoms with Crippen molar-refractivity contribution in [2.24, 2.45) is 0 Å². The maximum absolute atomic E-state index is 4.41. The number of benzene rings is 1. The topological polar surface area (TPSA) is 12.9 Å². The maximum Gasteiger partial charge on any atom is 0.0704 e. The number of nitrogens with zero attached hydrogens (tertiary/aromatic N) is 1. The van der Waals surface area contributed by atoms with Crippen LogP contribution in [0.15, 0.2) is 60.8 Å². The second-order valence-electron chi connectivity index (χ2n) is 3.61. The van der Waals surface area contributed by atoms with E-state index in [0.717, 1.165) is 12.1 Å². The molecule has 0 aliphatic carbocycles. The Hall–Kier alpha value is -1.89. The van der Waals surface area contributed by atoms with Gasteiger partial charge in [-0.1, -0.05) is 49.4 Å². The summed E-state index contributed by atoms with van der Waals surface area (Å²) in [6.07, 6.45) is 5.07. The molecule has 0 N–H and O–H groups in total. The van der Waals surface area contributed by atoms with Crippen LogP contribution in [0.3, 0.4) is 0 Å². The summed E-state index contributed by atoms with van der Waals surface area (Å²) < 4.78 is 0. The van der Waals surface area contributed by atoms with E-state index < -0.39 is 0 Å². The van der Waals surface area contributed by atoms with Gasteiger partial charge >= 0.3 is 0 Å². The Morgan fingerprint density at radius 3 is 2.44 bits per heavy atom. The van der Waals surface area contributed by atoms with Crippen LogP contribution >= 0.6 is 0 Å². The Kier molecular flexibility index (Phi) is 3.50. The molecule has 0 aliphatic rings. The highest BCUT2D eigenvalue weighted by molar-refractivity contribution is 5.77. The lowest BCUT2D eigenvalue weighted by molar-refractivity contribution is 1.20. The highest BCUT2D eigenvalue weighted by atomic mass is 14.7. The van der Waals surface area contributed by atoms with Crippen molar-refractivity contribution >= 4 is 5.57 Å². The van der Waals surface area contributed by atoms with Gasteiger partial charge in [0.15, 0.2) is 0 Å². The minimum absolute atomic E-state index is 1.01. The van der Waals surface area contributed by atoms with E-state index in [4.69, 9.17) is 0 Å². The molecule has 2 rings (SSSR count). The predicted octanol–water partition coefficient (Wildman–Crippen LogP) is 3.92. The van der Waals surface area contributed by atoms with E-state index in [1.165, 1.54) is 11.1 Å². The third kappa shape index (κ3) is 2.37. The Morgan fingerprint density at radius 1 is 1.06 bits per heavy atom. The molecular formula is C15H15N. The Balaban J connectivity index is 2.44. The van der Waals surface area contributed by atoms with Crippen LogP contribution in [-0.2, 0) is 0 Å². The molecule has 0 amide bonds. The molecule has 1 heteroatoms. The lowest BCUT2D eigenvalue weighted by Gasteiger charge is -2.06. The Bertz CT molecular complexity index is 416. The highest BCUT2D eigenvalue weighted by Gasteiger charge is 2.03. The first kappa shape index (κ1) is 10.6. The van der Waals surface area contributed by atoms with Crippen molar-refractivity contribution < 1.29 is 0 Å². The third-order valence-corrected chi connectivity index (χ3v) is 2.43. The van der Waals surface area contributed by atoms with Crippen molar-refractivity contribution in [1.82, 2.24) is 4.98 Å². The molecule has 0 unspecified atom stereocenters. The molecule has 0 spiro atoms. The molecule has 1 aromatic carbocycles. The van der Waals surface area contributed by atoms with Gasteiger partial charge in [0.25, 0.3) is 0 Å². The molecule has 16 heavy (non-hydrogen) atoms. The third-order valence-electron chi connectivity index (χ3n) is 2.43. The quantitative estimate of drug-likeness (QED) is 0.746. The lowest BCUT2D eigenvalue weighted by Crippen LogP contribution is -1.90. The normalized spacial score (nSPS) is 11.4. The number of aromatic nitrogens is 1. The number of pyridine rings is 1. The summed E-state index contributed by atoms with van der Waals surface area (Å²) in [7, 11) is 0. The molecule has 0 aliphatic heterocycles. The second-order valence-corrected chi connectivity index (χ2v) is 3.61. The van der Waals surface area contributed by atoms with Crippen LogP contribution in [0.2, 0.25) is 0 Å². The minimum atomic E-state index is 1.01. The van der Waals surface area contributed by atoms with Gasteiger partial charge in [-0.25, -0.2) is 0 Å². The first-order chi connectivity index (χ1) is 7.92. The van der Waals surface area contributed by atoms with Crippen LogP contribution in [0, 0.1) is 0 Å². The SMILES string of the molecule is CC/C=C(/c1ccccc1)c1ccccn1. The van der Waals surface area contributed by atoms with Gasteiger partial charge in [-0.05, 0) is 24.1 Å². The van der Waals surface area contributed by atoms with Gasteiger partial charge in [-0.2, -0.15) is 0 Å². The van der Waals surface area contributed by atoms with Crippen LogP contribution in [0.5, 0.6) is 0 Å². The standard InChI is InChI=1S/C15H15N/c1-2-8-14(13-9-4-3-5-10-13)15-11-6-7-12-16-15/h3-12H,2H2,1H3/b14-8-. The number of rotatable bonds is 3. The molecule has 1 aromatic heterocycles. The van der Waals surface area contributed by atoms with Crippen LogP contribution in [0.4, 0.5) is 0 Å². The van der Waals surface area contributed by atoms with E-state index in [1.54, 1.807) is 0 Å². The maximum atomic E-state index is 4.41. The van der Waals surface area contributed by atoms with E-state index >= 15 is 0 Å². The zero-order valence-corrected chi connectivity index (χ0v) is 9.43. The average molecular weight is 209 g/mol. The number of hydrogen-bond donors (Lipinski definition) is 0. The minimum Gasteiger partial charge on any atom is -0.256 e. The van der Waals surface area contributed by atoms with Gasteiger partial charge in [0.1, 0.15) is 0 Å². The zero-order chi connectivity index (χ0) is 11.2. The molecule has 0 saturated heterocycles. The van der Waals surface area contributed by atoms with Crippen molar-refractivity contribution in [3.63, 3.8) is 0 Å². The highest BCUT2D eigenvalue weighted by Crippen LogP contribution is 2.21.